The lowest BCUT2D eigenvalue weighted by atomic mass is 10.0. The van der Waals surface area contributed by atoms with E-state index in [4.69, 9.17) is 5.11 Å². The Labute approximate surface area is 120 Å². The van der Waals surface area contributed by atoms with Gasteiger partial charge in [0.2, 0.25) is 0 Å². The molecule has 0 saturated carbocycles. The molecule has 0 spiro atoms. The van der Waals surface area contributed by atoms with Gasteiger partial charge in [-0.15, -0.1) is 0 Å². The highest BCUT2D eigenvalue weighted by molar-refractivity contribution is 5.89. The molecule has 0 unspecified atom stereocenters. The van der Waals surface area contributed by atoms with Crippen LogP contribution in [0.1, 0.15) is 15.9 Å². The molecule has 1 heterocycles. The van der Waals surface area contributed by atoms with Gasteiger partial charge in [-0.2, -0.15) is 0 Å². The molecule has 21 heavy (non-hydrogen) atoms. The van der Waals surface area contributed by atoms with E-state index in [1.807, 2.05) is 0 Å². The number of carbonyl (C=O) groups is 1. The van der Waals surface area contributed by atoms with Crippen LogP contribution in [0.25, 0.3) is 0 Å². The fourth-order valence-corrected chi connectivity index (χ4v) is 1.89. The van der Waals surface area contributed by atoms with Crippen LogP contribution in [0.4, 0.5) is 11.5 Å². The van der Waals surface area contributed by atoms with E-state index >= 15 is 0 Å². The standard InChI is InChI=1S/C14H13N3O4/c18-14(19)12-4-2-1-3-10(12)7-8-15-11-5-6-13(16-9-11)17(20)21/h1-6,9,15H,7-8H2,(H,18,19). The van der Waals surface area contributed by atoms with Crippen LogP contribution in [-0.2, 0) is 6.42 Å². The summed E-state index contributed by atoms with van der Waals surface area (Å²) in [4.78, 5) is 24.7. The molecule has 7 heteroatoms. The van der Waals surface area contributed by atoms with Gasteiger partial charge in [-0.25, -0.2) is 4.79 Å². The molecule has 0 fully saturated rings. The number of aromatic carboxylic acids is 1. The van der Waals surface area contributed by atoms with E-state index in [-0.39, 0.29) is 11.4 Å². The average molecular weight is 287 g/mol. The summed E-state index contributed by atoms with van der Waals surface area (Å²) in [6.45, 7) is 0.504. The molecule has 0 amide bonds. The molecule has 1 aromatic carbocycles. The Morgan fingerprint density at radius 3 is 2.67 bits per heavy atom. The summed E-state index contributed by atoms with van der Waals surface area (Å²) < 4.78 is 0. The fourth-order valence-electron chi connectivity index (χ4n) is 1.89. The first-order valence-electron chi connectivity index (χ1n) is 6.23. The second-order valence-electron chi connectivity index (χ2n) is 4.30. The number of nitro groups is 1. The van der Waals surface area contributed by atoms with Gasteiger partial charge in [0, 0.05) is 12.6 Å². The number of aromatic nitrogens is 1. The molecule has 2 N–H and O–H groups in total. The van der Waals surface area contributed by atoms with Crippen molar-refractivity contribution in [1.29, 1.82) is 0 Å². The minimum Gasteiger partial charge on any atom is -0.478 e. The molecule has 2 aromatic rings. The lowest BCUT2D eigenvalue weighted by Gasteiger charge is -2.07. The lowest BCUT2D eigenvalue weighted by Crippen LogP contribution is -2.09. The molecule has 1 aromatic heterocycles. The van der Waals surface area contributed by atoms with Crippen molar-refractivity contribution in [2.24, 2.45) is 0 Å². The van der Waals surface area contributed by atoms with Gasteiger partial charge in [-0.05, 0) is 34.0 Å². The summed E-state index contributed by atoms with van der Waals surface area (Å²) in [5.41, 5.74) is 1.65. The van der Waals surface area contributed by atoms with Crippen LogP contribution < -0.4 is 5.32 Å². The highest BCUT2D eigenvalue weighted by Gasteiger charge is 2.09. The molecule has 0 aliphatic heterocycles. The molecule has 2 rings (SSSR count). The second-order valence-corrected chi connectivity index (χ2v) is 4.30. The Bertz CT molecular complexity index is 656. The third-order valence-corrected chi connectivity index (χ3v) is 2.91. The molecule has 0 radical (unpaired) electrons. The van der Waals surface area contributed by atoms with Gasteiger partial charge in [0.1, 0.15) is 0 Å². The van der Waals surface area contributed by atoms with Crippen molar-refractivity contribution in [2.45, 2.75) is 6.42 Å². The lowest BCUT2D eigenvalue weighted by molar-refractivity contribution is -0.389. The first-order valence-corrected chi connectivity index (χ1v) is 6.23. The van der Waals surface area contributed by atoms with Crippen LogP contribution in [0, 0.1) is 10.1 Å². The number of anilines is 1. The number of nitrogens with one attached hydrogen (secondary N) is 1. The van der Waals surface area contributed by atoms with Gasteiger partial charge in [0.25, 0.3) is 0 Å². The van der Waals surface area contributed by atoms with E-state index in [0.29, 0.717) is 18.7 Å². The Morgan fingerprint density at radius 2 is 2.05 bits per heavy atom. The monoisotopic (exact) mass is 287 g/mol. The van der Waals surface area contributed by atoms with Crippen molar-refractivity contribution in [2.75, 3.05) is 11.9 Å². The predicted molar refractivity (Wildman–Crippen MR) is 76.5 cm³/mol. The Balaban J connectivity index is 1.95. The van der Waals surface area contributed by atoms with E-state index in [2.05, 4.69) is 10.3 Å². The topological polar surface area (TPSA) is 105 Å². The van der Waals surface area contributed by atoms with Crippen LogP contribution in [0.15, 0.2) is 42.6 Å². The average Bonchev–Trinajstić information content (AvgIpc) is 2.48. The van der Waals surface area contributed by atoms with Gasteiger partial charge in [-0.1, -0.05) is 18.2 Å². The third kappa shape index (κ3) is 3.75. The van der Waals surface area contributed by atoms with Crippen LogP contribution in [0.3, 0.4) is 0 Å². The molecular formula is C14H13N3O4. The zero-order chi connectivity index (χ0) is 15.2. The predicted octanol–water partition coefficient (Wildman–Crippen LogP) is 2.34. The molecule has 0 aliphatic carbocycles. The maximum atomic E-state index is 11.1. The number of benzene rings is 1. The van der Waals surface area contributed by atoms with Gasteiger partial charge in [0.15, 0.2) is 6.20 Å². The van der Waals surface area contributed by atoms with Crippen molar-refractivity contribution in [1.82, 2.24) is 4.98 Å². The number of hydrogen-bond donors (Lipinski definition) is 2. The summed E-state index contributed by atoms with van der Waals surface area (Å²) in [6.07, 6.45) is 1.90. The van der Waals surface area contributed by atoms with E-state index in [1.165, 1.54) is 12.3 Å². The molecule has 108 valence electrons. The quantitative estimate of drug-likeness (QED) is 0.624. The molecular weight excluding hydrogens is 274 g/mol. The minimum absolute atomic E-state index is 0.211. The van der Waals surface area contributed by atoms with E-state index < -0.39 is 10.9 Å². The molecule has 0 aliphatic rings. The van der Waals surface area contributed by atoms with E-state index in [9.17, 15) is 14.9 Å². The summed E-state index contributed by atoms with van der Waals surface area (Å²) >= 11 is 0. The van der Waals surface area contributed by atoms with Gasteiger partial charge < -0.3 is 20.5 Å². The zero-order valence-corrected chi connectivity index (χ0v) is 11.0. The van der Waals surface area contributed by atoms with E-state index in [0.717, 1.165) is 5.56 Å². The second kappa shape index (κ2) is 6.47. The van der Waals surface area contributed by atoms with Crippen molar-refractivity contribution in [3.63, 3.8) is 0 Å². The minimum atomic E-state index is -0.956. The van der Waals surface area contributed by atoms with Crippen LogP contribution in [0.5, 0.6) is 0 Å². The van der Waals surface area contributed by atoms with Crippen molar-refractivity contribution in [3.05, 3.63) is 63.8 Å². The summed E-state index contributed by atoms with van der Waals surface area (Å²) in [5.74, 6) is -1.17. The Hall–Kier alpha value is -2.96. The van der Waals surface area contributed by atoms with Crippen LogP contribution in [0.2, 0.25) is 0 Å². The number of pyridine rings is 1. The fraction of sp³-hybridized carbons (Fsp3) is 0.143. The van der Waals surface area contributed by atoms with Crippen molar-refractivity contribution in [3.8, 4) is 0 Å². The molecule has 0 saturated heterocycles. The number of carboxylic acids is 1. The molecule has 7 nitrogen and oxygen atoms in total. The van der Waals surface area contributed by atoms with Crippen LogP contribution >= 0.6 is 0 Å². The maximum Gasteiger partial charge on any atom is 0.363 e. The number of nitrogens with zero attached hydrogens (tertiary/aromatic N) is 2. The zero-order valence-electron chi connectivity index (χ0n) is 11.0. The summed E-state index contributed by atoms with van der Waals surface area (Å²) in [7, 11) is 0. The number of carboxylic acid groups (broad SMARTS) is 1. The SMILES string of the molecule is O=C(O)c1ccccc1CCNc1ccc([N+](=O)[O-])nc1. The summed E-state index contributed by atoms with van der Waals surface area (Å²) in [6, 6.07) is 9.67. The maximum absolute atomic E-state index is 11.1. The number of rotatable bonds is 6. The first-order chi connectivity index (χ1) is 10.1. The largest absolute Gasteiger partial charge is 0.478 e. The first kappa shape index (κ1) is 14.4. The van der Waals surface area contributed by atoms with Crippen molar-refractivity contribution >= 4 is 17.5 Å². The van der Waals surface area contributed by atoms with Crippen molar-refractivity contribution < 1.29 is 14.8 Å². The van der Waals surface area contributed by atoms with E-state index in [1.54, 1.807) is 30.3 Å². The number of hydrogen-bond acceptors (Lipinski definition) is 5. The smallest absolute Gasteiger partial charge is 0.363 e. The third-order valence-electron chi connectivity index (χ3n) is 2.91. The molecule has 0 atom stereocenters. The Morgan fingerprint density at radius 1 is 1.29 bits per heavy atom. The molecule has 0 bridgehead atoms. The van der Waals surface area contributed by atoms with Gasteiger partial charge in [0.05, 0.1) is 11.3 Å². The van der Waals surface area contributed by atoms with Crippen LogP contribution in [-0.4, -0.2) is 27.5 Å². The highest BCUT2D eigenvalue weighted by Crippen LogP contribution is 2.13. The van der Waals surface area contributed by atoms with Gasteiger partial charge >= 0.3 is 11.8 Å². The summed E-state index contributed by atoms with van der Waals surface area (Å²) in [5, 5.41) is 22.6. The highest BCUT2D eigenvalue weighted by atomic mass is 16.6. The Kier molecular flexibility index (Phi) is 4.45. The normalized spacial score (nSPS) is 10.1. The van der Waals surface area contributed by atoms with Gasteiger partial charge in [-0.3, -0.25) is 0 Å².